The van der Waals surface area contributed by atoms with Crippen LogP contribution in [0.5, 0.6) is 17.2 Å². The smallest absolute Gasteiger partial charge is 0.231 e. The van der Waals surface area contributed by atoms with Crippen molar-refractivity contribution >= 4 is 11.6 Å². The second kappa shape index (κ2) is 11.8. The number of amides is 1. The first-order valence-corrected chi connectivity index (χ1v) is 13.8. The first kappa shape index (κ1) is 25.2. The van der Waals surface area contributed by atoms with Gasteiger partial charge in [0.25, 0.3) is 0 Å². The number of benzene rings is 2. The third-order valence-electron chi connectivity index (χ3n) is 7.51. The van der Waals surface area contributed by atoms with Gasteiger partial charge in [-0.25, -0.2) is 4.98 Å². The van der Waals surface area contributed by atoms with Crippen LogP contribution in [0.4, 0.5) is 0 Å². The number of aromatic nitrogens is 2. The molecule has 39 heavy (non-hydrogen) atoms. The lowest BCUT2D eigenvalue weighted by atomic mass is 9.92. The van der Waals surface area contributed by atoms with E-state index >= 15 is 0 Å². The van der Waals surface area contributed by atoms with Crippen LogP contribution in [0.1, 0.15) is 48.4 Å². The summed E-state index contributed by atoms with van der Waals surface area (Å²) in [7, 11) is 0. The van der Waals surface area contributed by atoms with Crippen LogP contribution in [-0.4, -0.2) is 53.2 Å². The fraction of sp³-hybridized carbons (Fsp3) is 0.355. The number of pyridine rings is 1. The number of carbonyl (C=O) groups is 1. The Labute approximate surface area is 228 Å². The maximum atomic E-state index is 13.2. The molecular weight excluding hydrogens is 492 g/mol. The standard InChI is InChI=1S/C31H34N4O4/c36-30(32-13-17-34-14-5-2-6-15-34)19-25(24-11-12-27-29(18-24)39-22-38-27)26-20-33-31-28(10-7-16-35(26)31)37-21-23-8-3-1-4-9-23/h1,3-4,7-12,16,18,20,25H,2,5-6,13-15,17,19,21-22H2,(H,32,36). The molecule has 4 heterocycles. The molecule has 1 fully saturated rings. The van der Waals surface area contributed by atoms with Crippen molar-refractivity contribution in [3.05, 3.63) is 89.9 Å². The van der Waals surface area contributed by atoms with Crippen LogP contribution in [0.3, 0.4) is 0 Å². The average Bonchev–Trinajstić information content (AvgIpc) is 3.63. The molecule has 0 spiro atoms. The SMILES string of the molecule is O=C(CC(c1ccc2c(c1)OCO2)c1cnc2c(OCc3ccccc3)cccn12)NCCN1CCCCC1. The summed E-state index contributed by atoms with van der Waals surface area (Å²) in [5, 5.41) is 3.15. The Morgan fingerprint density at radius 1 is 1.00 bits per heavy atom. The molecule has 0 radical (unpaired) electrons. The molecule has 1 atom stereocenters. The van der Waals surface area contributed by atoms with Crippen LogP contribution in [0, 0.1) is 0 Å². The molecular formula is C31H34N4O4. The maximum absolute atomic E-state index is 13.2. The van der Waals surface area contributed by atoms with Crippen molar-refractivity contribution in [3.63, 3.8) is 0 Å². The van der Waals surface area contributed by atoms with Crippen molar-refractivity contribution < 1.29 is 19.0 Å². The van der Waals surface area contributed by atoms with Gasteiger partial charge in [-0.15, -0.1) is 0 Å². The number of piperidine rings is 1. The molecule has 2 aliphatic rings. The van der Waals surface area contributed by atoms with Gasteiger partial charge < -0.3 is 28.8 Å². The second-order valence-corrected chi connectivity index (χ2v) is 10.1. The highest BCUT2D eigenvalue weighted by Gasteiger charge is 2.25. The minimum absolute atomic E-state index is 0.0149. The number of imidazole rings is 1. The van der Waals surface area contributed by atoms with Crippen molar-refractivity contribution in [2.75, 3.05) is 33.0 Å². The molecule has 1 unspecified atom stereocenters. The van der Waals surface area contributed by atoms with Gasteiger partial charge in [0.2, 0.25) is 12.7 Å². The molecule has 6 rings (SSSR count). The molecule has 2 aliphatic heterocycles. The summed E-state index contributed by atoms with van der Waals surface area (Å²) in [5.41, 5.74) is 3.70. The van der Waals surface area contributed by atoms with Crippen LogP contribution in [0.15, 0.2) is 73.1 Å². The van der Waals surface area contributed by atoms with Gasteiger partial charge in [0, 0.05) is 37.8 Å². The van der Waals surface area contributed by atoms with E-state index in [1.807, 2.05) is 77.5 Å². The summed E-state index contributed by atoms with van der Waals surface area (Å²) in [5.74, 6) is 1.90. The Kier molecular flexibility index (Phi) is 7.63. The third-order valence-corrected chi connectivity index (χ3v) is 7.51. The van der Waals surface area contributed by atoms with E-state index in [-0.39, 0.29) is 18.6 Å². The van der Waals surface area contributed by atoms with Crippen LogP contribution < -0.4 is 19.5 Å². The number of rotatable bonds is 10. The van der Waals surface area contributed by atoms with Gasteiger partial charge in [0.05, 0.1) is 5.69 Å². The molecule has 0 bridgehead atoms. The number of hydrogen-bond acceptors (Lipinski definition) is 6. The summed E-state index contributed by atoms with van der Waals surface area (Å²) in [4.78, 5) is 20.4. The highest BCUT2D eigenvalue weighted by atomic mass is 16.7. The molecule has 202 valence electrons. The predicted molar refractivity (Wildman–Crippen MR) is 148 cm³/mol. The zero-order valence-electron chi connectivity index (χ0n) is 22.1. The number of carbonyl (C=O) groups excluding carboxylic acids is 1. The first-order valence-electron chi connectivity index (χ1n) is 13.8. The lowest BCUT2D eigenvalue weighted by Gasteiger charge is -2.26. The van der Waals surface area contributed by atoms with Gasteiger partial charge in [-0.05, 0) is 61.3 Å². The topological polar surface area (TPSA) is 77.3 Å². The van der Waals surface area contributed by atoms with E-state index < -0.39 is 0 Å². The van der Waals surface area contributed by atoms with E-state index in [9.17, 15) is 4.79 Å². The Hall–Kier alpha value is -4.04. The van der Waals surface area contributed by atoms with Crippen molar-refractivity contribution in [2.24, 2.45) is 0 Å². The first-order chi connectivity index (χ1) is 19.2. The highest BCUT2D eigenvalue weighted by molar-refractivity contribution is 5.77. The Morgan fingerprint density at radius 3 is 2.72 bits per heavy atom. The second-order valence-electron chi connectivity index (χ2n) is 10.1. The molecule has 8 heteroatoms. The van der Waals surface area contributed by atoms with Crippen molar-refractivity contribution in [3.8, 4) is 17.2 Å². The molecule has 0 saturated carbocycles. The molecule has 2 aromatic carbocycles. The quantitative estimate of drug-likeness (QED) is 0.321. The van der Waals surface area contributed by atoms with E-state index in [1.54, 1.807) is 0 Å². The maximum Gasteiger partial charge on any atom is 0.231 e. The van der Waals surface area contributed by atoms with E-state index in [4.69, 9.17) is 19.2 Å². The van der Waals surface area contributed by atoms with Gasteiger partial charge in [-0.2, -0.15) is 0 Å². The Balaban J connectivity index is 1.24. The predicted octanol–water partition coefficient (Wildman–Crippen LogP) is 4.77. The zero-order valence-corrected chi connectivity index (χ0v) is 22.1. The number of nitrogens with one attached hydrogen (secondary N) is 1. The largest absolute Gasteiger partial charge is 0.485 e. The van der Waals surface area contributed by atoms with Crippen molar-refractivity contribution in [1.82, 2.24) is 19.6 Å². The van der Waals surface area contributed by atoms with E-state index in [0.29, 0.717) is 31.1 Å². The molecule has 1 N–H and O–H groups in total. The minimum atomic E-state index is -0.228. The normalized spacial score (nSPS) is 15.8. The number of ether oxygens (including phenoxy) is 3. The number of likely N-dealkylation sites (tertiary alicyclic amines) is 1. The van der Waals surface area contributed by atoms with Gasteiger partial charge in [0.15, 0.2) is 22.9 Å². The molecule has 1 amide bonds. The lowest BCUT2D eigenvalue weighted by molar-refractivity contribution is -0.121. The monoisotopic (exact) mass is 526 g/mol. The van der Waals surface area contributed by atoms with E-state index in [2.05, 4.69) is 10.2 Å². The number of hydrogen-bond donors (Lipinski definition) is 1. The molecule has 2 aromatic heterocycles. The Bertz CT molecular complexity index is 1410. The number of fused-ring (bicyclic) bond motifs is 2. The average molecular weight is 527 g/mol. The molecule has 8 nitrogen and oxygen atoms in total. The molecule has 1 saturated heterocycles. The number of nitrogens with zero attached hydrogens (tertiary/aromatic N) is 3. The molecule has 0 aliphatic carbocycles. The van der Waals surface area contributed by atoms with Crippen LogP contribution in [0.25, 0.3) is 5.65 Å². The molecule has 4 aromatic rings. The summed E-state index contributed by atoms with van der Waals surface area (Å²) in [6.07, 6.45) is 7.90. The van der Waals surface area contributed by atoms with E-state index in [1.165, 1.54) is 19.3 Å². The summed E-state index contributed by atoms with van der Waals surface area (Å²) in [6, 6.07) is 19.8. The van der Waals surface area contributed by atoms with Crippen LogP contribution in [0.2, 0.25) is 0 Å². The van der Waals surface area contributed by atoms with Crippen LogP contribution >= 0.6 is 0 Å². The highest BCUT2D eigenvalue weighted by Crippen LogP contribution is 2.38. The zero-order chi connectivity index (χ0) is 26.4. The van der Waals surface area contributed by atoms with Gasteiger partial charge >= 0.3 is 0 Å². The van der Waals surface area contributed by atoms with Gasteiger partial charge in [-0.3, -0.25) is 4.79 Å². The minimum Gasteiger partial charge on any atom is -0.485 e. The van der Waals surface area contributed by atoms with Gasteiger partial charge in [0.1, 0.15) is 6.61 Å². The fourth-order valence-electron chi connectivity index (χ4n) is 5.43. The van der Waals surface area contributed by atoms with Crippen molar-refractivity contribution in [1.29, 1.82) is 0 Å². The van der Waals surface area contributed by atoms with Crippen molar-refractivity contribution in [2.45, 2.75) is 38.2 Å². The van der Waals surface area contributed by atoms with Crippen LogP contribution in [-0.2, 0) is 11.4 Å². The fourth-order valence-corrected chi connectivity index (χ4v) is 5.43. The summed E-state index contributed by atoms with van der Waals surface area (Å²) >= 11 is 0. The van der Waals surface area contributed by atoms with Gasteiger partial charge in [-0.1, -0.05) is 42.8 Å². The lowest BCUT2D eigenvalue weighted by Crippen LogP contribution is -2.38. The van der Waals surface area contributed by atoms with E-state index in [0.717, 1.165) is 47.9 Å². The Morgan fingerprint density at radius 2 is 1.85 bits per heavy atom. The summed E-state index contributed by atoms with van der Waals surface area (Å²) in [6.45, 7) is 4.43. The third kappa shape index (κ3) is 5.86. The summed E-state index contributed by atoms with van der Waals surface area (Å²) < 4.78 is 19.4.